The van der Waals surface area contributed by atoms with Crippen molar-refractivity contribution in [2.24, 2.45) is 0 Å². The van der Waals surface area contributed by atoms with Gasteiger partial charge in [0.05, 0.1) is 13.2 Å². The monoisotopic (exact) mass is 198 g/mol. The highest BCUT2D eigenvalue weighted by Gasteiger charge is 2.22. The second kappa shape index (κ2) is 4.15. The van der Waals surface area contributed by atoms with Gasteiger partial charge in [-0.05, 0) is 0 Å². The van der Waals surface area contributed by atoms with Gasteiger partial charge in [-0.25, -0.2) is 9.78 Å². The SMILES string of the molecule is O=S(=O)(O)CCOOCC1CO1. The van der Waals surface area contributed by atoms with Gasteiger partial charge in [0.15, 0.2) is 0 Å². The summed E-state index contributed by atoms with van der Waals surface area (Å²) in [5, 5.41) is 0. The van der Waals surface area contributed by atoms with E-state index in [9.17, 15) is 8.42 Å². The fourth-order valence-corrected chi connectivity index (χ4v) is 0.765. The lowest BCUT2D eigenvalue weighted by molar-refractivity contribution is -0.292. The summed E-state index contributed by atoms with van der Waals surface area (Å²) in [6, 6.07) is 0. The van der Waals surface area contributed by atoms with Crippen LogP contribution in [0.15, 0.2) is 0 Å². The van der Waals surface area contributed by atoms with Gasteiger partial charge >= 0.3 is 0 Å². The number of epoxide rings is 1. The molecule has 1 saturated heterocycles. The van der Waals surface area contributed by atoms with E-state index in [1.807, 2.05) is 0 Å². The van der Waals surface area contributed by atoms with Crippen molar-refractivity contribution in [2.75, 3.05) is 25.6 Å². The number of rotatable bonds is 6. The van der Waals surface area contributed by atoms with E-state index in [0.29, 0.717) is 13.2 Å². The minimum Gasteiger partial charge on any atom is -0.370 e. The Morgan fingerprint density at radius 1 is 1.50 bits per heavy atom. The molecule has 1 aliphatic heterocycles. The molecular weight excluding hydrogens is 188 g/mol. The van der Waals surface area contributed by atoms with E-state index < -0.39 is 15.9 Å². The Kier molecular flexibility index (Phi) is 3.41. The lowest BCUT2D eigenvalue weighted by Crippen LogP contribution is -2.12. The van der Waals surface area contributed by atoms with Gasteiger partial charge in [-0.15, -0.1) is 0 Å². The largest absolute Gasteiger partial charge is 0.370 e. The molecule has 0 radical (unpaired) electrons. The Labute approximate surface area is 70.1 Å². The summed E-state index contributed by atoms with van der Waals surface area (Å²) in [4.78, 5) is 8.99. The summed E-state index contributed by atoms with van der Waals surface area (Å²) < 4.78 is 33.3. The van der Waals surface area contributed by atoms with Crippen molar-refractivity contribution in [3.63, 3.8) is 0 Å². The Balaban J connectivity index is 1.88. The summed E-state index contributed by atoms with van der Waals surface area (Å²) >= 11 is 0. The quantitative estimate of drug-likeness (QED) is 0.198. The zero-order chi connectivity index (χ0) is 9.03. The highest BCUT2D eigenvalue weighted by atomic mass is 32.2. The number of ether oxygens (including phenoxy) is 1. The van der Waals surface area contributed by atoms with Gasteiger partial charge in [-0.2, -0.15) is 8.42 Å². The third kappa shape index (κ3) is 5.44. The molecule has 1 aliphatic rings. The topological polar surface area (TPSA) is 85.4 Å². The molecule has 1 N–H and O–H groups in total. The van der Waals surface area contributed by atoms with E-state index in [-0.39, 0.29) is 12.7 Å². The smallest absolute Gasteiger partial charge is 0.267 e. The van der Waals surface area contributed by atoms with Crippen LogP contribution in [-0.2, 0) is 24.6 Å². The first kappa shape index (κ1) is 9.87. The van der Waals surface area contributed by atoms with Crippen molar-refractivity contribution in [3.8, 4) is 0 Å². The molecule has 1 heterocycles. The van der Waals surface area contributed by atoms with Crippen LogP contribution < -0.4 is 0 Å². The minimum absolute atomic E-state index is 0.0794. The first-order valence-corrected chi connectivity index (χ1v) is 5.00. The van der Waals surface area contributed by atoms with Crippen molar-refractivity contribution in [1.82, 2.24) is 0 Å². The average molecular weight is 198 g/mol. The van der Waals surface area contributed by atoms with Crippen LogP contribution in [0.25, 0.3) is 0 Å². The van der Waals surface area contributed by atoms with E-state index in [4.69, 9.17) is 9.29 Å². The third-order valence-corrected chi connectivity index (χ3v) is 1.85. The number of hydrogen-bond acceptors (Lipinski definition) is 5. The van der Waals surface area contributed by atoms with Crippen LogP contribution in [0.2, 0.25) is 0 Å². The van der Waals surface area contributed by atoms with E-state index in [1.165, 1.54) is 0 Å². The Morgan fingerprint density at radius 2 is 2.17 bits per heavy atom. The zero-order valence-electron chi connectivity index (χ0n) is 6.30. The van der Waals surface area contributed by atoms with Gasteiger partial charge in [0.1, 0.15) is 18.5 Å². The molecule has 0 aliphatic carbocycles. The van der Waals surface area contributed by atoms with Crippen molar-refractivity contribution in [1.29, 1.82) is 0 Å². The molecule has 0 amide bonds. The van der Waals surface area contributed by atoms with Crippen molar-refractivity contribution in [3.05, 3.63) is 0 Å². The summed E-state index contributed by atoms with van der Waals surface area (Å²) in [6.07, 6.45) is 0.0794. The summed E-state index contributed by atoms with van der Waals surface area (Å²) in [5.74, 6) is -0.460. The molecule has 0 aromatic heterocycles. The van der Waals surface area contributed by atoms with E-state index in [1.54, 1.807) is 0 Å². The van der Waals surface area contributed by atoms with Gasteiger partial charge in [-0.3, -0.25) is 4.55 Å². The Hall–Kier alpha value is -0.210. The predicted octanol–water partition coefficient (Wildman–Crippen LogP) is -0.779. The van der Waals surface area contributed by atoms with E-state index >= 15 is 0 Å². The van der Waals surface area contributed by atoms with Crippen LogP contribution in [0.1, 0.15) is 0 Å². The fraction of sp³-hybridized carbons (Fsp3) is 1.00. The maximum absolute atomic E-state index is 10.1. The Bertz CT molecular complexity index is 218. The highest BCUT2D eigenvalue weighted by Crippen LogP contribution is 2.08. The maximum Gasteiger partial charge on any atom is 0.267 e. The molecule has 0 spiro atoms. The molecule has 0 aromatic rings. The zero-order valence-corrected chi connectivity index (χ0v) is 7.12. The van der Waals surface area contributed by atoms with Crippen molar-refractivity contribution in [2.45, 2.75) is 6.10 Å². The van der Waals surface area contributed by atoms with Gasteiger partial charge in [0.25, 0.3) is 10.1 Å². The van der Waals surface area contributed by atoms with Crippen LogP contribution in [-0.4, -0.2) is 44.6 Å². The lowest BCUT2D eigenvalue weighted by Gasteiger charge is -1.99. The molecule has 1 unspecified atom stereocenters. The molecule has 6 nitrogen and oxygen atoms in total. The first-order valence-electron chi connectivity index (χ1n) is 3.39. The summed E-state index contributed by atoms with van der Waals surface area (Å²) in [6.45, 7) is 0.776. The first-order chi connectivity index (χ1) is 5.58. The molecule has 7 heteroatoms. The average Bonchev–Trinajstić information content (AvgIpc) is 2.68. The lowest BCUT2D eigenvalue weighted by atomic mass is 10.5. The Morgan fingerprint density at radius 3 is 2.67 bits per heavy atom. The summed E-state index contributed by atoms with van der Waals surface area (Å²) in [7, 11) is -3.95. The van der Waals surface area contributed by atoms with Crippen LogP contribution in [0.3, 0.4) is 0 Å². The van der Waals surface area contributed by atoms with Gasteiger partial charge in [0, 0.05) is 0 Å². The molecule has 0 bridgehead atoms. The second-order valence-corrected chi connectivity index (χ2v) is 3.92. The predicted molar refractivity (Wildman–Crippen MR) is 38.1 cm³/mol. The van der Waals surface area contributed by atoms with Crippen LogP contribution in [0.4, 0.5) is 0 Å². The molecule has 0 saturated carbocycles. The van der Waals surface area contributed by atoms with Gasteiger partial charge in [-0.1, -0.05) is 0 Å². The number of hydrogen-bond donors (Lipinski definition) is 1. The molecule has 1 rings (SSSR count). The maximum atomic E-state index is 10.1. The van der Waals surface area contributed by atoms with Crippen molar-refractivity contribution < 1.29 is 27.5 Å². The highest BCUT2D eigenvalue weighted by molar-refractivity contribution is 7.85. The molecule has 72 valence electrons. The minimum atomic E-state index is -3.95. The summed E-state index contributed by atoms with van der Waals surface area (Å²) in [5.41, 5.74) is 0. The van der Waals surface area contributed by atoms with E-state index in [2.05, 4.69) is 9.78 Å². The van der Waals surface area contributed by atoms with Crippen LogP contribution in [0, 0.1) is 0 Å². The molecule has 0 aromatic carbocycles. The van der Waals surface area contributed by atoms with Gasteiger partial charge in [0.2, 0.25) is 0 Å². The van der Waals surface area contributed by atoms with Crippen LogP contribution in [0.5, 0.6) is 0 Å². The second-order valence-electron chi connectivity index (χ2n) is 2.35. The van der Waals surface area contributed by atoms with Gasteiger partial charge < -0.3 is 4.74 Å². The van der Waals surface area contributed by atoms with Crippen molar-refractivity contribution >= 4 is 10.1 Å². The third-order valence-electron chi connectivity index (χ3n) is 1.16. The molecule has 12 heavy (non-hydrogen) atoms. The normalized spacial score (nSPS) is 22.6. The fourth-order valence-electron chi connectivity index (χ4n) is 0.487. The molecule has 1 fully saturated rings. The van der Waals surface area contributed by atoms with E-state index in [0.717, 1.165) is 0 Å². The molecular formula is C5H10O6S. The molecule has 1 atom stereocenters. The standard InChI is InChI=1S/C5H10O6S/c6-12(7,8)2-1-10-11-4-5-3-9-5/h5H,1-4H2,(H,6,7,8). The van der Waals surface area contributed by atoms with Crippen LogP contribution >= 0.6 is 0 Å².